The van der Waals surface area contributed by atoms with Crippen LogP contribution in [0.1, 0.15) is 20.8 Å². The fourth-order valence-corrected chi connectivity index (χ4v) is 1.45. The summed E-state index contributed by atoms with van der Waals surface area (Å²) in [4.78, 5) is 23.3. The van der Waals surface area contributed by atoms with Crippen molar-refractivity contribution in [3.8, 4) is 5.75 Å². The monoisotopic (exact) mass is 234 g/mol. The van der Waals surface area contributed by atoms with Crippen LogP contribution >= 0.6 is 0 Å². The average molecular weight is 234 g/mol. The number of Topliss-reactive ketones (excluding diaryl/α,β-unsaturated/α-hetero) is 2. The highest BCUT2D eigenvalue weighted by molar-refractivity contribution is 6.03. The fraction of sp³-hybridized carbons (Fsp3) is 0.429. The van der Waals surface area contributed by atoms with Crippen molar-refractivity contribution in [2.45, 2.75) is 20.8 Å². The van der Waals surface area contributed by atoms with Crippen molar-refractivity contribution < 1.29 is 14.3 Å². The Kier molecular flexibility index (Phi) is 4.88. The lowest BCUT2D eigenvalue weighted by atomic mass is 9.94. The van der Waals surface area contributed by atoms with Crippen LogP contribution in [0.4, 0.5) is 0 Å². The number of benzene rings is 1. The fourth-order valence-electron chi connectivity index (χ4n) is 1.45. The van der Waals surface area contributed by atoms with Crippen LogP contribution < -0.4 is 4.74 Å². The minimum Gasteiger partial charge on any atom is -0.486 e. The molecule has 0 heterocycles. The number of hydrogen-bond donors (Lipinski definition) is 0. The van der Waals surface area contributed by atoms with Crippen LogP contribution in [0.2, 0.25) is 0 Å². The van der Waals surface area contributed by atoms with E-state index in [-0.39, 0.29) is 24.1 Å². The first-order chi connectivity index (χ1) is 8.02. The molecule has 0 amide bonds. The second-order valence-electron chi connectivity index (χ2n) is 4.35. The van der Waals surface area contributed by atoms with E-state index in [2.05, 4.69) is 0 Å². The van der Waals surface area contributed by atoms with Gasteiger partial charge in [-0.3, -0.25) is 9.59 Å². The number of rotatable bonds is 6. The van der Waals surface area contributed by atoms with Crippen molar-refractivity contribution in [3.63, 3.8) is 0 Å². The molecule has 1 unspecified atom stereocenters. The van der Waals surface area contributed by atoms with E-state index in [4.69, 9.17) is 4.74 Å². The van der Waals surface area contributed by atoms with Gasteiger partial charge >= 0.3 is 0 Å². The van der Waals surface area contributed by atoms with E-state index in [1.165, 1.54) is 0 Å². The largest absolute Gasteiger partial charge is 0.486 e. The second-order valence-corrected chi connectivity index (χ2v) is 4.35. The Bertz CT molecular complexity index is 382. The lowest BCUT2D eigenvalue weighted by Crippen LogP contribution is -2.28. The number of carbonyl (C=O) groups excluding carboxylic acids is 2. The highest BCUT2D eigenvalue weighted by Gasteiger charge is 2.23. The zero-order valence-corrected chi connectivity index (χ0v) is 10.5. The summed E-state index contributed by atoms with van der Waals surface area (Å²) in [5.74, 6) is -0.270. The maximum absolute atomic E-state index is 11.7. The molecule has 0 aromatic heterocycles. The quantitative estimate of drug-likeness (QED) is 0.710. The van der Waals surface area contributed by atoms with Gasteiger partial charge in [-0.25, -0.2) is 0 Å². The molecule has 0 spiro atoms. The summed E-state index contributed by atoms with van der Waals surface area (Å²) in [6.07, 6.45) is 0. The molecule has 0 saturated heterocycles. The van der Waals surface area contributed by atoms with E-state index >= 15 is 0 Å². The van der Waals surface area contributed by atoms with Gasteiger partial charge in [0.25, 0.3) is 0 Å². The van der Waals surface area contributed by atoms with Crippen LogP contribution in [0.5, 0.6) is 5.75 Å². The molecule has 17 heavy (non-hydrogen) atoms. The zero-order chi connectivity index (χ0) is 12.8. The molecule has 0 fully saturated rings. The molecule has 0 aliphatic heterocycles. The summed E-state index contributed by atoms with van der Waals surface area (Å²) in [5, 5.41) is 0. The Morgan fingerprint density at radius 2 is 1.71 bits per heavy atom. The van der Waals surface area contributed by atoms with Gasteiger partial charge in [-0.15, -0.1) is 0 Å². The van der Waals surface area contributed by atoms with Crippen LogP contribution in [0.15, 0.2) is 30.3 Å². The number of carbonyl (C=O) groups is 2. The van der Waals surface area contributed by atoms with Crippen LogP contribution in [-0.2, 0) is 9.59 Å². The molecule has 0 N–H and O–H groups in total. The third-order valence-electron chi connectivity index (χ3n) is 2.60. The van der Waals surface area contributed by atoms with E-state index < -0.39 is 5.92 Å². The van der Waals surface area contributed by atoms with Gasteiger partial charge in [0.15, 0.2) is 5.78 Å². The highest BCUT2D eigenvalue weighted by atomic mass is 16.5. The molecule has 0 aliphatic carbocycles. The average Bonchev–Trinajstić information content (AvgIpc) is 2.35. The summed E-state index contributed by atoms with van der Waals surface area (Å²) in [5.41, 5.74) is 0. The van der Waals surface area contributed by atoms with E-state index in [9.17, 15) is 9.59 Å². The predicted molar refractivity (Wildman–Crippen MR) is 66.0 cm³/mol. The van der Waals surface area contributed by atoms with Gasteiger partial charge in [0.05, 0.1) is 5.92 Å². The molecule has 92 valence electrons. The number of para-hydroxylation sites is 1. The molecule has 1 rings (SSSR count). The van der Waals surface area contributed by atoms with Crippen LogP contribution in [0.3, 0.4) is 0 Å². The van der Waals surface area contributed by atoms with Crippen molar-refractivity contribution in [3.05, 3.63) is 30.3 Å². The molecular formula is C14H18O3. The van der Waals surface area contributed by atoms with Crippen molar-refractivity contribution in [2.75, 3.05) is 6.61 Å². The maximum atomic E-state index is 11.7. The third-order valence-corrected chi connectivity index (χ3v) is 2.60. The first kappa shape index (κ1) is 13.4. The third kappa shape index (κ3) is 4.02. The summed E-state index contributed by atoms with van der Waals surface area (Å²) in [6.45, 7) is 5.18. The first-order valence-corrected chi connectivity index (χ1v) is 5.76. The lowest BCUT2D eigenvalue weighted by molar-refractivity contribution is -0.134. The van der Waals surface area contributed by atoms with Crippen LogP contribution in [0.25, 0.3) is 0 Å². The first-order valence-electron chi connectivity index (χ1n) is 5.76. The van der Waals surface area contributed by atoms with Gasteiger partial charge in [0.2, 0.25) is 0 Å². The van der Waals surface area contributed by atoms with Gasteiger partial charge in [0.1, 0.15) is 18.1 Å². The van der Waals surface area contributed by atoms with Gasteiger partial charge in [-0.1, -0.05) is 32.0 Å². The number of ketones is 2. The molecule has 0 bridgehead atoms. The van der Waals surface area contributed by atoms with Crippen LogP contribution in [0, 0.1) is 11.8 Å². The molecule has 0 radical (unpaired) electrons. The van der Waals surface area contributed by atoms with E-state index in [1.807, 2.05) is 18.2 Å². The minimum absolute atomic E-state index is 0.0355. The molecular weight excluding hydrogens is 216 g/mol. The summed E-state index contributed by atoms with van der Waals surface area (Å²) < 4.78 is 5.32. The molecule has 3 heteroatoms. The summed E-state index contributed by atoms with van der Waals surface area (Å²) in [6, 6.07) is 9.11. The van der Waals surface area contributed by atoms with E-state index in [0.29, 0.717) is 5.75 Å². The number of ether oxygens (including phenoxy) is 1. The smallest absolute Gasteiger partial charge is 0.180 e. The van der Waals surface area contributed by atoms with Crippen molar-refractivity contribution in [1.82, 2.24) is 0 Å². The van der Waals surface area contributed by atoms with E-state index in [1.54, 1.807) is 32.9 Å². The van der Waals surface area contributed by atoms with Crippen molar-refractivity contribution in [1.29, 1.82) is 0 Å². The molecule has 0 aliphatic rings. The Hall–Kier alpha value is -1.64. The minimum atomic E-state index is -0.585. The molecule has 1 aromatic rings. The molecule has 1 atom stereocenters. The molecule has 0 saturated carbocycles. The topological polar surface area (TPSA) is 43.4 Å². The summed E-state index contributed by atoms with van der Waals surface area (Å²) >= 11 is 0. The number of hydrogen-bond acceptors (Lipinski definition) is 3. The lowest BCUT2D eigenvalue weighted by Gasteiger charge is -2.12. The SMILES string of the molecule is CC(C)C(=O)C(C)C(=O)COc1ccccc1. The standard InChI is InChI=1S/C14H18O3/c1-10(2)14(16)11(3)13(15)9-17-12-7-5-4-6-8-12/h4-8,10-11H,9H2,1-3H3. The normalized spacial score (nSPS) is 12.2. The highest BCUT2D eigenvalue weighted by Crippen LogP contribution is 2.11. The van der Waals surface area contributed by atoms with Gasteiger partial charge in [-0.2, -0.15) is 0 Å². The second kappa shape index (κ2) is 6.18. The Balaban J connectivity index is 2.48. The zero-order valence-electron chi connectivity index (χ0n) is 10.5. The van der Waals surface area contributed by atoms with Gasteiger partial charge in [-0.05, 0) is 19.1 Å². The van der Waals surface area contributed by atoms with Crippen LogP contribution in [-0.4, -0.2) is 18.2 Å². The van der Waals surface area contributed by atoms with Crippen molar-refractivity contribution in [2.24, 2.45) is 11.8 Å². The molecule has 3 nitrogen and oxygen atoms in total. The molecule has 1 aromatic carbocycles. The van der Waals surface area contributed by atoms with Gasteiger partial charge in [0, 0.05) is 5.92 Å². The Morgan fingerprint density at radius 3 is 2.24 bits per heavy atom. The predicted octanol–water partition coefficient (Wildman–Crippen LogP) is 2.50. The van der Waals surface area contributed by atoms with Crippen molar-refractivity contribution >= 4 is 11.6 Å². The van der Waals surface area contributed by atoms with E-state index in [0.717, 1.165) is 0 Å². The maximum Gasteiger partial charge on any atom is 0.180 e. The van der Waals surface area contributed by atoms with Gasteiger partial charge < -0.3 is 4.74 Å². The summed E-state index contributed by atoms with van der Waals surface area (Å²) in [7, 11) is 0. The Morgan fingerprint density at radius 1 is 1.12 bits per heavy atom. The Labute approximate surface area is 102 Å².